The minimum absolute atomic E-state index is 0. The standard InChI is InChI=1S/C20H26N2O2S.ClH/c1-3-7-17-10-12-19(13-11-17)25(23,24)22-15-14-21(2)16-20(22)18-8-5-4-6-9-18;/h4-6,8-13,20H,3,7,14-16H2,1-2H3;1H. The first-order valence-electron chi connectivity index (χ1n) is 8.86. The SMILES string of the molecule is CCCc1ccc(S(=O)(=O)N2CCN(C)CC2c2ccccc2)cc1.Cl. The number of hydrogen-bond acceptors (Lipinski definition) is 3. The van der Waals surface area contributed by atoms with Gasteiger partial charge in [0.1, 0.15) is 0 Å². The van der Waals surface area contributed by atoms with Crippen molar-refractivity contribution in [2.75, 3.05) is 26.7 Å². The molecule has 0 amide bonds. The first kappa shape index (κ1) is 20.9. The van der Waals surface area contributed by atoms with Crippen molar-refractivity contribution in [1.82, 2.24) is 9.21 Å². The molecule has 1 atom stereocenters. The van der Waals surface area contributed by atoms with Crippen molar-refractivity contribution < 1.29 is 8.42 Å². The van der Waals surface area contributed by atoms with E-state index < -0.39 is 10.0 Å². The van der Waals surface area contributed by atoms with E-state index in [2.05, 4.69) is 11.8 Å². The smallest absolute Gasteiger partial charge is 0.243 e. The molecule has 2 aromatic carbocycles. The fourth-order valence-corrected chi connectivity index (χ4v) is 4.99. The number of rotatable bonds is 5. The molecule has 4 nitrogen and oxygen atoms in total. The fraction of sp³-hybridized carbons (Fsp3) is 0.400. The zero-order chi connectivity index (χ0) is 17.9. The number of likely N-dealkylation sites (N-methyl/N-ethyl adjacent to an activating group) is 1. The van der Waals surface area contributed by atoms with Crippen LogP contribution in [-0.4, -0.2) is 44.3 Å². The predicted molar refractivity (Wildman–Crippen MR) is 108 cm³/mol. The predicted octanol–water partition coefficient (Wildman–Crippen LogP) is 3.74. The summed E-state index contributed by atoms with van der Waals surface area (Å²) in [4.78, 5) is 2.58. The van der Waals surface area contributed by atoms with Crippen LogP contribution in [-0.2, 0) is 16.4 Å². The summed E-state index contributed by atoms with van der Waals surface area (Å²) in [5.41, 5.74) is 2.22. The van der Waals surface area contributed by atoms with Crippen molar-refractivity contribution in [1.29, 1.82) is 0 Å². The first-order chi connectivity index (χ1) is 12.0. The number of aryl methyl sites for hydroxylation is 1. The van der Waals surface area contributed by atoms with Gasteiger partial charge in [-0.15, -0.1) is 12.4 Å². The van der Waals surface area contributed by atoms with Crippen LogP contribution in [0.15, 0.2) is 59.5 Å². The monoisotopic (exact) mass is 394 g/mol. The topological polar surface area (TPSA) is 40.6 Å². The zero-order valence-electron chi connectivity index (χ0n) is 15.3. The van der Waals surface area contributed by atoms with E-state index in [4.69, 9.17) is 0 Å². The van der Waals surface area contributed by atoms with Gasteiger partial charge in [-0.3, -0.25) is 0 Å². The zero-order valence-corrected chi connectivity index (χ0v) is 17.0. The van der Waals surface area contributed by atoms with E-state index in [0.29, 0.717) is 18.0 Å². The van der Waals surface area contributed by atoms with Crippen LogP contribution in [0.1, 0.15) is 30.5 Å². The van der Waals surface area contributed by atoms with Crippen LogP contribution in [0.5, 0.6) is 0 Å². The molecule has 1 heterocycles. The quantitative estimate of drug-likeness (QED) is 0.775. The molecule has 1 fully saturated rings. The van der Waals surface area contributed by atoms with E-state index in [0.717, 1.165) is 24.9 Å². The number of piperazine rings is 1. The Balaban J connectivity index is 0.00000243. The van der Waals surface area contributed by atoms with Gasteiger partial charge in [0.15, 0.2) is 0 Å². The van der Waals surface area contributed by atoms with E-state index >= 15 is 0 Å². The van der Waals surface area contributed by atoms with Gasteiger partial charge in [0, 0.05) is 19.6 Å². The number of sulfonamides is 1. The molecule has 0 saturated carbocycles. The van der Waals surface area contributed by atoms with Crippen molar-refractivity contribution in [3.05, 3.63) is 65.7 Å². The lowest BCUT2D eigenvalue weighted by Gasteiger charge is -2.39. The Morgan fingerprint density at radius 3 is 2.27 bits per heavy atom. The third-order valence-electron chi connectivity index (χ3n) is 4.79. The molecule has 1 aliphatic rings. The maximum absolute atomic E-state index is 13.3. The highest BCUT2D eigenvalue weighted by atomic mass is 35.5. The highest BCUT2D eigenvalue weighted by molar-refractivity contribution is 7.89. The van der Waals surface area contributed by atoms with Gasteiger partial charge in [0.2, 0.25) is 10.0 Å². The molecule has 0 spiro atoms. The summed E-state index contributed by atoms with van der Waals surface area (Å²) in [6.45, 7) is 4.09. The molecule has 26 heavy (non-hydrogen) atoms. The van der Waals surface area contributed by atoms with Crippen molar-refractivity contribution in [3.63, 3.8) is 0 Å². The van der Waals surface area contributed by atoms with Gasteiger partial charge in [-0.05, 0) is 36.7 Å². The van der Waals surface area contributed by atoms with E-state index in [1.54, 1.807) is 16.4 Å². The van der Waals surface area contributed by atoms with Crippen molar-refractivity contribution >= 4 is 22.4 Å². The molecule has 1 aliphatic heterocycles. The Hall–Kier alpha value is -1.40. The molecule has 0 bridgehead atoms. The normalized spacial score (nSPS) is 19.1. The van der Waals surface area contributed by atoms with Gasteiger partial charge >= 0.3 is 0 Å². The van der Waals surface area contributed by atoms with Crippen LogP contribution in [0.3, 0.4) is 0 Å². The third kappa shape index (κ3) is 4.46. The van der Waals surface area contributed by atoms with Crippen LogP contribution in [0.4, 0.5) is 0 Å². The molecule has 1 saturated heterocycles. The summed E-state index contributed by atoms with van der Waals surface area (Å²) >= 11 is 0. The second kappa shape index (κ2) is 9.00. The van der Waals surface area contributed by atoms with Gasteiger partial charge in [-0.25, -0.2) is 8.42 Å². The number of benzene rings is 2. The summed E-state index contributed by atoms with van der Waals surface area (Å²) in [6.07, 6.45) is 2.03. The largest absolute Gasteiger partial charge is 0.303 e. The lowest BCUT2D eigenvalue weighted by Crippen LogP contribution is -2.49. The second-order valence-electron chi connectivity index (χ2n) is 6.70. The van der Waals surface area contributed by atoms with E-state index in [1.165, 1.54) is 5.56 Å². The van der Waals surface area contributed by atoms with E-state index in [1.807, 2.05) is 49.5 Å². The Morgan fingerprint density at radius 2 is 1.65 bits per heavy atom. The summed E-state index contributed by atoms with van der Waals surface area (Å²) in [5.74, 6) is 0. The van der Waals surface area contributed by atoms with Gasteiger partial charge in [0.25, 0.3) is 0 Å². The molecule has 142 valence electrons. The lowest BCUT2D eigenvalue weighted by atomic mass is 10.1. The third-order valence-corrected chi connectivity index (χ3v) is 6.71. The van der Waals surface area contributed by atoms with Crippen LogP contribution in [0, 0.1) is 0 Å². The summed E-state index contributed by atoms with van der Waals surface area (Å²) in [7, 11) is -1.47. The summed E-state index contributed by atoms with van der Waals surface area (Å²) < 4.78 is 28.2. The van der Waals surface area contributed by atoms with Gasteiger partial charge < -0.3 is 4.90 Å². The lowest BCUT2D eigenvalue weighted by molar-refractivity contribution is 0.160. The highest BCUT2D eigenvalue weighted by Crippen LogP contribution is 2.30. The van der Waals surface area contributed by atoms with Gasteiger partial charge in [-0.2, -0.15) is 4.31 Å². The number of nitrogens with zero attached hydrogens (tertiary/aromatic N) is 2. The Kier molecular flexibility index (Phi) is 7.24. The maximum Gasteiger partial charge on any atom is 0.243 e. The van der Waals surface area contributed by atoms with E-state index in [-0.39, 0.29) is 18.4 Å². The second-order valence-corrected chi connectivity index (χ2v) is 8.59. The molecule has 0 N–H and O–H groups in total. The Bertz CT molecular complexity index is 794. The summed E-state index contributed by atoms with van der Waals surface area (Å²) in [6, 6.07) is 17.1. The number of hydrogen-bond donors (Lipinski definition) is 0. The minimum Gasteiger partial charge on any atom is -0.303 e. The van der Waals surface area contributed by atoms with Gasteiger partial charge in [0.05, 0.1) is 10.9 Å². The maximum atomic E-state index is 13.3. The molecule has 0 aromatic heterocycles. The van der Waals surface area contributed by atoms with Crippen molar-refractivity contribution in [2.45, 2.75) is 30.7 Å². The molecule has 6 heteroatoms. The Labute approximate surface area is 163 Å². The van der Waals surface area contributed by atoms with Crippen LogP contribution < -0.4 is 0 Å². The minimum atomic E-state index is -3.51. The molecule has 2 aromatic rings. The average Bonchev–Trinajstić information content (AvgIpc) is 2.63. The highest BCUT2D eigenvalue weighted by Gasteiger charge is 2.35. The molecular weight excluding hydrogens is 368 g/mol. The molecule has 0 radical (unpaired) electrons. The van der Waals surface area contributed by atoms with Crippen LogP contribution in [0.25, 0.3) is 0 Å². The molecule has 0 aliphatic carbocycles. The fourth-order valence-electron chi connectivity index (χ4n) is 3.39. The summed E-state index contributed by atoms with van der Waals surface area (Å²) in [5, 5.41) is 0. The first-order valence-corrected chi connectivity index (χ1v) is 10.3. The van der Waals surface area contributed by atoms with Gasteiger partial charge in [-0.1, -0.05) is 55.8 Å². The molecule has 1 unspecified atom stereocenters. The van der Waals surface area contributed by atoms with Crippen LogP contribution >= 0.6 is 12.4 Å². The van der Waals surface area contributed by atoms with E-state index in [9.17, 15) is 8.42 Å². The molecule has 3 rings (SSSR count). The molecular formula is C20H27ClN2O2S. The Morgan fingerprint density at radius 1 is 1.00 bits per heavy atom. The van der Waals surface area contributed by atoms with Crippen molar-refractivity contribution in [3.8, 4) is 0 Å². The van der Waals surface area contributed by atoms with Crippen LogP contribution in [0.2, 0.25) is 0 Å². The van der Waals surface area contributed by atoms with Crippen molar-refractivity contribution in [2.24, 2.45) is 0 Å². The average molecular weight is 395 g/mol. The number of halogens is 1.